The van der Waals surface area contributed by atoms with Gasteiger partial charge in [0, 0.05) is 50.0 Å². The van der Waals surface area contributed by atoms with Gasteiger partial charge >= 0.3 is 0 Å². The third-order valence-corrected chi connectivity index (χ3v) is 5.29. The zero-order chi connectivity index (χ0) is 20.6. The van der Waals surface area contributed by atoms with E-state index in [9.17, 15) is 4.79 Å². The Labute approximate surface area is 199 Å². The molecule has 7 nitrogen and oxygen atoms in total. The van der Waals surface area contributed by atoms with Gasteiger partial charge in [0.1, 0.15) is 5.82 Å². The van der Waals surface area contributed by atoms with Gasteiger partial charge in [-0.3, -0.25) is 9.79 Å². The van der Waals surface area contributed by atoms with Crippen molar-refractivity contribution in [3.05, 3.63) is 58.7 Å². The topological polar surface area (TPSA) is 95.6 Å². The fourth-order valence-electron chi connectivity index (χ4n) is 3.44. The number of nitrogens with zero attached hydrogens (tertiary/aromatic N) is 3. The van der Waals surface area contributed by atoms with Gasteiger partial charge in [-0.2, -0.15) is 0 Å². The fraction of sp³-hybridized carbons (Fsp3) is 0.381. The summed E-state index contributed by atoms with van der Waals surface area (Å²) >= 11 is 5.93. The molecule has 0 radical (unpaired) electrons. The molecule has 0 saturated carbocycles. The minimum absolute atomic E-state index is 0. The third kappa shape index (κ3) is 6.73. The zero-order valence-electron chi connectivity index (χ0n) is 17.0. The van der Waals surface area contributed by atoms with E-state index in [1.807, 2.05) is 36.4 Å². The van der Waals surface area contributed by atoms with E-state index in [0.717, 1.165) is 41.4 Å². The lowest BCUT2D eigenvalue weighted by Gasteiger charge is -2.33. The summed E-state index contributed by atoms with van der Waals surface area (Å²) in [5, 5.41) is 7.35. The molecule has 1 amide bonds. The number of anilines is 1. The van der Waals surface area contributed by atoms with Crippen molar-refractivity contribution in [2.45, 2.75) is 25.9 Å². The molecular weight excluding hydrogens is 515 g/mol. The molecule has 2 heterocycles. The number of guanidine groups is 1. The molecule has 2 aromatic rings. The highest BCUT2D eigenvalue weighted by molar-refractivity contribution is 14.0. The number of pyridine rings is 1. The van der Waals surface area contributed by atoms with Gasteiger partial charge in [0.25, 0.3) is 0 Å². The molecule has 1 atom stereocenters. The van der Waals surface area contributed by atoms with E-state index in [1.165, 1.54) is 0 Å². The summed E-state index contributed by atoms with van der Waals surface area (Å²) in [5.74, 6) is 1.22. The highest BCUT2D eigenvalue weighted by Gasteiger charge is 2.25. The van der Waals surface area contributed by atoms with Crippen molar-refractivity contribution in [3.63, 3.8) is 0 Å². The molecule has 1 aliphatic heterocycles. The normalized spacial score (nSPS) is 16.5. The molecule has 1 saturated heterocycles. The van der Waals surface area contributed by atoms with E-state index in [4.69, 9.17) is 17.3 Å². The van der Waals surface area contributed by atoms with Gasteiger partial charge in [0.2, 0.25) is 5.91 Å². The van der Waals surface area contributed by atoms with Crippen molar-refractivity contribution in [2.24, 2.45) is 16.6 Å². The second kappa shape index (κ2) is 11.9. The standard InChI is InChI=1S/C21H27ClN6O.HI/c1-24-21(26-12-15-6-8-18(22)9-7-15)27-13-16-4-2-10-25-20(16)28-11-3-5-17(14-28)19(23)29;/h2,4,6-10,17H,3,5,11-14H2,1H3,(H2,23,29)(H2,24,26,27);1H. The monoisotopic (exact) mass is 542 g/mol. The molecule has 30 heavy (non-hydrogen) atoms. The average Bonchev–Trinajstić information content (AvgIpc) is 2.75. The second-order valence-corrected chi connectivity index (χ2v) is 7.52. The van der Waals surface area contributed by atoms with Crippen LogP contribution in [-0.2, 0) is 17.9 Å². The van der Waals surface area contributed by atoms with Crippen LogP contribution in [0.2, 0.25) is 5.02 Å². The number of piperidine rings is 1. The molecule has 0 aliphatic carbocycles. The lowest BCUT2D eigenvalue weighted by atomic mass is 9.97. The highest BCUT2D eigenvalue weighted by atomic mass is 127. The van der Waals surface area contributed by atoms with E-state index in [0.29, 0.717) is 25.6 Å². The SMILES string of the molecule is CN=C(NCc1ccc(Cl)cc1)NCc1cccnc1N1CCCC(C(N)=O)C1.I. The van der Waals surface area contributed by atoms with E-state index < -0.39 is 0 Å². The number of benzene rings is 1. The van der Waals surface area contributed by atoms with Crippen molar-refractivity contribution >= 4 is 53.3 Å². The van der Waals surface area contributed by atoms with Crippen LogP contribution in [0.4, 0.5) is 5.82 Å². The fourth-order valence-corrected chi connectivity index (χ4v) is 3.57. The van der Waals surface area contributed by atoms with Crippen LogP contribution in [0.3, 0.4) is 0 Å². The number of hydrogen-bond acceptors (Lipinski definition) is 4. The first-order valence-corrected chi connectivity index (χ1v) is 10.1. The first-order chi connectivity index (χ1) is 14.1. The summed E-state index contributed by atoms with van der Waals surface area (Å²) in [5.41, 5.74) is 7.69. The second-order valence-electron chi connectivity index (χ2n) is 7.08. The summed E-state index contributed by atoms with van der Waals surface area (Å²) in [4.78, 5) is 22.6. The Morgan fingerprint density at radius 2 is 2.00 bits per heavy atom. The molecule has 0 bridgehead atoms. The Kier molecular flexibility index (Phi) is 9.64. The highest BCUT2D eigenvalue weighted by Crippen LogP contribution is 2.24. The molecule has 1 aromatic carbocycles. The van der Waals surface area contributed by atoms with Gasteiger partial charge in [-0.25, -0.2) is 4.98 Å². The number of amides is 1. The maximum Gasteiger partial charge on any atom is 0.222 e. The van der Waals surface area contributed by atoms with Crippen molar-refractivity contribution in [3.8, 4) is 0 Å². The Morgan fingerprint density at radius 1 is 1.27 bits per heavy atom. The van der Waals surface area contributed by atoms with Gasteiger partial charge in [-0.05, 0) is 36.6 Å². The van der Waals surface area contributed by atoms with Crippen LogP contribution in [0.25, 0.3) is 0 Å². The van der Waals surface area contributed by atoms with E-state index in [-0.39, 0.29) is 35.8 Å². The number of rotatable bonds is 6. The Morgan fingerprint density at radius 3 is 2.70 bits per heavy atom. The van der Waals surface area contributed by atoms with Crippen LogP contribution in [-0.4, -0.2) is 37.0 Å². The van der Waals surface area contributed by atoms with Crippen molar-refractivity contribution < 1.29 is 4.79 Å². The van der Waals surface area contributed by atoms with Crippen molar-refractivity contribution in [2.75, 3.05) is 25.0 Å². The number of halogens is 2. The number of nitrogens with two attached hydrogens (primary N) is 1. The number of hydrogen-bond donors (Lipinski definition) is 3. The van der Waals surface area contributed by atoms with Gasteiger partial charge in [-0.15, -0.1) is 24.0 Å². The van der Waals surface area contributed by atoms with Gasteiger partial charge < -0.3 is 21.3 Å². The first kappa shape index (κ1) is 24.2. The molecule has 4 N–H and O–H groups in total. The maximum atomic E-state index is 11.6. The van der Waals surface area contributed by atoms with Crippen molar-refractivity contribution in [1.29, 1.82) is 0 Å². The molecule has 1 fully saturated rings. The van der Waals surface area contributed by atoms with Crippen LogP contribution in [0.5, 0.6) is 0 Å². The van der Waals surface area contributed by atoms with Crippen LogP contribution < -0.4 is 21.3 Å². The molecule has 162 valence electrons. The summed E-state index contributed by atoms with van der Waals surface area (Å²) < 4.78 is 0. The lowest BCUT2D eigenvalue weighted by molar-refractivity contribution is -0.122. The maximum absolute atomic E-state index is 11.6. The molecule has 1 unspecified atom stereocenters. The predicted octanol–water partition coefficient (Wildman–Crippen LogP) is 2.92. The van der Waals surface area contributed by atoms with Crippen LogP contribution in [0, 0.1) is 5.92 Å². The van der Waals surface area contributed by atoms with Crippen LogP contribution in [0.15, 0.2) is 47.6 Å². The van der Waals surface area contributed by atoms with Gasteiger partial charge in [0.05, 0.1) is 5.92 Å². The minimum Gasteiger partial charge on any atom is -0.369 e. The Hall–Kier alpha value is -2.07. The quantitative estimate of drug-likeness (QED) is 0.296. The minimum atomic E-state index is -0.239. The molecule has 1 aliphatic rings. The molecule has 9 heteroatoms. The van der Waals surface area contributed by atoms with Gasteiger partial charge in [0.15, 0.2) is 5.96 Å². The Bertz CT molecular complexity index is 861. The van der Waals surface area contributed by atoms with Crippen LogP contribution >= 0.6 is 35.6 Å². The van der Waals surface area contributed by atoms with E-state index >= 15 is 0 Å². The van der Waals surface area contributed by atoms with Gasteiger partial charge in [-0.1, -0.05) is 29.8 Å². The molecule has 3 rings (SSSR count). The number of aromatic nitrogens is 1. The first-order valence-electron chi connectivity index (χ1n) is 9.74. The predicted molar refractivity (Wildman–Crippen MR) is 132 cm³/mol. The average molecular weight is 543 g/mol. The zero-order valence-corrected chi connectivity index (χ0v) is 20.1. The summed E-state index contributed by atoms with van der Waals surface area (Å²) in [6, 6.07) is 11.7. The smallest absolute Gasteiger partial charge is 0.222 e. The van der Waals surface area contributed by atoms with E-state index in [2.05, 4.69) is 25.5 Å². The summed E-state index contributed by atoms with van der Waals surface area (Å²) in [6.45, 7) is 2.70. The molecular formula is C21H28ClIN6O. The van der Waals surface area contributed by atoms with E-state index in [1.54, 1.807) is 13.2 Å². The number of carbonyl (C=O) groups is 1. The number of nitrogens with one attached hydrogen (secondary N) is 2. The summed E-state index contributed by atoms with van der Waals surface area (Å²) in [7, 11) is 1.74. The third-order valence-electron chi connectivity index (χ3n) is 5.03. The number of carbonyl (C=O) groups excluding carboxylic acids is 1. The Balaban J connectivity index is 0.00000320. The molecule has 1 aromatic heterocycles. The molecule has 0 spiro atoms. The van der Waals surface area contributed by atoms with Crippen LogP contribution in [0.1, 0.15) is 24.0 Å². The number of primary amides is 1. The summed E-state index contributed by atoms with van der Waals surface area (Å²) in [6.07, 6.45) is 3.55. The van der Waals surface area contributed by atoms with Crippen molar-refractivity contribution in [1.82, 2.24) is 15.6 Å². The lowest BCUT2D eigenvalue weighted by Crippen LogP contribution is -2.42. The number of aliphatic imine (C=N–C) groups is 1. The largest absolute Gasteiger partial charge is 0.369 e.